The number of piperidine rings is 1. The van der Waals surface area contributed by atoms with Gasteiger partial charge in [0.25, 0.3) is 5.91 Å². The van der Waals surface area contributed by atoms with Crippen molar-refractivity contribution < 1.29 is 32.6 Å². The smallest absolute Gasteiger partial charge is 0.255 e. The van der Waals surface area contributed by atoms with Crippen LogP contribution in [-0.2, 0) is 38.0 Å². The Labute approximate surface area is 369 Å². The fraction of sp³-hybridized carbons (Fsp3) is 0.468. The number of hydrogen-bond acceptors (Lipinski definition) is 12. The molecule has 1 atom stereocenters. The molecule has 0 radical (unpaired) electrons. The second-order valence-corrected chi connectivity index (χ2v) is 20.2. The van der Waals surface area contributed by atoms with Crippen LogP contribution in [0.5, 0.6) is 5.75 Å². The van der Waals surface area contributed by atoms with Gasteiger partial charge in [-0.05, 0) is 126 Å². The SMILES string of the molecule is Cc1cc(Nc2ncc(Cl)c(Nc3ccccc3S(=O)(=O)C(C)C)n2)c(OC(C)C)cc1CCN1CCC(O)(c2ccc3c(c2)CN(C2CCC(=O)CCCCC2=O)C3=O)CC1. The summed E-state index contributed by atoms with van der Waals surface area (Å²) in [5.74, 6) is 1.11. The van der Waals surface area contributed by atoms with Gasteiger partial charge in [0.15, 0.2) is 21.4 Å². The number of anilines is 4. The Balaban J connectivity index is 0.997. The van der Waals surface area contributed by atoms with Crippen LogP contribution < -0.4 is 15.4 Å². The molecule has 7 rings (SSSR count). The van der Waals surface area contributed by atoms with Crippen LogP contribution in [-0.4, -0.2) is 87.8 Å². The van der Waals surface area contributed by atoms with E-state index in [1.54, 1.807) is 49.1 Å². The summed E-state index contributed by atoms with van der Waals surface area (Å²) >= 11 is 6.51. The summed E-state index contributed by atoms with van der Waals surface area (Å²) in [6.07, 6.45) is 6.07. The van der Waals surface area contributed by atoms with Crippen LogP contribution >= 0.6 is 11.6 Å². The van der Waals surface area contributed by atoms with Gasteiger partial charge in [-0.25, -0.2) is 13.4 Å². The number of carbonyl (C=O) groups excluding carboxylic acids is 3. The molecule has 3 aromatic carbocycles. The minimum atomic E-state index is -3.59. The first kappa shape index (κ1) is 45.1. The number of fused-ring (bicyclic) bond motifs is 1. The Hall–Kier alpha value is -4.89. The van der Waals surface area contributed by atoms with Crippen molar-refractivity contribution in [2.75, 3.05) is 30.3 Å². The third kappa shape index (κ3) is 9.99. The number of Topliss-reactive ketones (excluding diaryl/α,β-unsaturated/α-hetero) is 2. The second kappa shape index (κ2) is 18.8. The number of rotatable bonds is 13. The highest BCUT2D eigenvalue weighted by Crippen LogP contribution is 2.38. The molecule has 4 aromatic rings. The first-order valence-electron chi connectivity index (χ1n) is 21.7. The molecule has 2 aliphatic heterocycles. The molecule has 1 saturated heterocycles. The molecule has 62 heavy (non-hydrogen) atoms. The molecule has 0 spiro atoms. The predicted molar refractivity (Wildman–Crippen MR) is 240 cm³/mol. The normalized spacial score (nSPS) is 18.7. The summed E-state index contributed by atoms with van der Waals surface area (Å²) in [6, 6.07) is 15.7. The Morgan fingerprint density at radius 1 is 0.952 bits per heavy atom. The maximum Gasteiger partial charge on any atom is 0.255 e. The van der Waals surface area contributed by atoms with Gasteiger partial charge in [-0.15, -0.1) is 0 Å². The highest BCUT2D eigenvalue weighted by molar-refractivity contribution is 7.92. The monoisotopic (exact) mass is 884 g/mol. The fourth-order valence-corrected chi connectivity index (χ4v) is 9.92. The topological polar surface area (TPSA) is 171 Å². The van der Waals surface area contributed by atoms with Crippen LogP contribution in [0.25, 0.3) is 0 Å². The lowest BCUT2D eigenvalue weighted by Gasteiger charge is -2.39. The van der Waals surface area contributed by atoms with E-state index < -0.39 is 26.7 Å². The van der Waals surface area contributed by atoms with Gasteiger partial charge in [0, 0.05) is 51.0 Å². The Morgan fingerprint density at radius 3 is 2.44 bits per heavy atom. The van der Waals surface area contributed by atoms with E-state index in [9.17, 15) is 27.9 Å². The standard InChI is InChI=1S/C47H57ClN6O7S/c1-29(2)61-42-26-32(31(5)24-39(42)51-46-49-27-37(48)44(52-46)50-38-11-7-9-13-43(38)62(59,60)30(3)4)18-21-53-22-19-47(58,20-23-53)34-14-16-36-33(25-34)28-54(45(36)57)40-17-15-35(55)10-6-8-12-41(40)56/h7,9,11,13-14,16,24-27,29-30,40,58H,6,8,10,12,15,17-23,28H2,1-5H3,(H2,49,50,51,52). The van der Waals surface area contributed by atoms with Crippen LogP contribution in [0, 0.1) is 6.92 Å². The summed E-state index contributed by atoms with van der Waals surface area (Å²) in [4.78, 5) is 52.1. The summed E-state index contributed by atoms with van der Waals surface area (Å²) in [5, 5.41) is 17.9. The van der Waals surface area contributed by atoms with Gasteiger partial charge >= 0.3 is 0 Å². The summed E-state index contributed by atoms with van der Waals surface area (Å²) in [5.41, 5.74) is 4.30. The third-order valence-electron chi connectivity index (χ3n) is 12.3. The number of nitrogens with zero attached hydrogens (tertiary/aromatic N) is 4. The number of hydrogen-bond donors (Lipinski definition) is 3. The number of aryl methyl sites for hydroxylation is 1. The van der Waals surface area contributed by atoms with Gasteiger partial charge in [-0.1, -0.05) is 35.9 Å². The number of aromatic nitrogens is 2. The van der Waals surface area contributed by atoms with E-state index in [0.29, 0.717) is 93.7 Å². The maximum absolute atomic E-state index is 13.5. The minimum absolute atomic E-state index is 0.0246. The molecule has 0 bridgehead atoms. The number of para-hydroxylation sites is 1. The molecule has 1 amide bonds. The summed E-state index contributed by atoms with van der Waals surface area (Å²) in [7, 11) is -3.59. The van der Waals surface area contributed by atoms with Crippen LogP contribution in [0.3, 0.4) is 0 Å². The van der Waals surface area contributed by atoms with Gasteiger partial charge in [0.2, 0.25) is 5.95 Å². The molecule has 330 valence electrons. The zero-order chi connectivity index (χ0) is 44.3. The van der Waals surface area contributed by atoms with E-state index in [1.165, 1.54) is 6.20 Å². The molecule has 15 heteroatoms. The van der Waals surface area contributed by atoms with Gasteiger partial charge in [-0.2, -0.15) is 4.98 Å². The average molecular weight is 886 g/mol. The van der Waals surface area contributed by atoms with Crippen molar-refractivity contribution in [3.8, 4) is 5.75 Å². The highest BCUT2D eigenvalue weighted by atomic mass is 35.5. The van der Waals surface area contributed by atoms with Gasteiger partial charge in [-0.3, -0.25) is 14.4 Å². The Kier molecular flexibility index (Phi) is 13.7. The number of sulfone groups is 1. The van der Waals surface area contributed by atoms with E-state index >= 15 is 0 Å². The number of aliphatic hydroxyl groups is 1. The number of halogens is 1. The third-order valence-corrected chi connectivity index (χ3v) is 14.8. The summed E-state index contributed by atoms with van der Waals surface area (Å²) < 4.78 is 32.5. The predicted octanol–water partition coefficient (Wildman–Crippen LogP) is 8.24. The zero-order valence-electron chi connectivity index (χ0n) is 36.2. The van der Waals surface area contributed by atoms with Crippen LogP contribution in [0.1, 0.15) is 112 Å². The number of amides is 1. The fourth-order valence-electron chi connectivity index (χ4n) is 8.58. The van der Waals surface area contributed by atoms with Crippen LogP contribution in [0.15, 0.2) is 65.7 Å². The minimum Gasteiger partial charge on any atom is -0.489 e. The van der Waals surface area contributed by atoms with E-state index in [1.807, 2.05) is 45.0 Å². The molecule has 3 aliphatic rings. The number of ether oxygens (including phenoxy) is 1. The first-order chi connectivity index (χ1) is 29.5. The molecule has 1 unspecified atom stereocenters. The van der Waals surface area contributed by atoms with Crippen molar-refractivity contribution in [3.63, 3.8) is 0 Å². The van der Waals surface area contributed by atoms with Gasteiger partial charge in [0.05, 0.1) is 45.5 Å². The van der Waals surface area contributed by atoms with Crippen molar-refractivity contribution in [2.24, 2.45) is 0 Å². The van der Waals surface area contributed by atoms with E-state index in [-0.39, 0.29) is 45.3 Å². The van der Waals surface area contributed by atoms with E-state index in [2.05, 4.69) is 25.5 Å². The van der Waals surface area contributed by atoms with E-state index in [0.717, 1.165) is 35.2 Å². The molecular formula is C47H57ClN6O7S. The lowest BCUT2D eigenvalue weighted by Crippen LogP contribution is -2.43. The molecule has 13 nitrogen and oxygen atoms in total. The number of benzene rings is 3. The van der Waals surface area contributed by atoms with Gasteiger partial charge in [0.1, 0.15) is 16.6 Å². The Bertz CT molecular complexity index is 2450. The van der Waals surface area contributed by atoms with Crippen LogP contribution in [0.4, 0.5) is 23.1 Å². The van der Waals surface area contributed by atoms with Crippen molar-refractivity contribution >= 4 is 62.1 Å². The van der Waals surface area contributed by atoms with Crippen molar-refractivity contribution in [1.82, 2.24) is 19.8 Å². The molecule has 3 N–H and O–H groups in total. The molecule has 3 heterocycles. The lowest BCUT2D eigenvalue weighted by molar-refractivity contribution is -0.124. The van der Waals surface area contributed by atoms with Crippen molar-refractivity contribution in [1.29, 1.82) is 0 Å². The van der Waals surface area contributed by atoms with Crippen molar-refractivity contribution in [2.45, 2.75) is 127 Å². The quantitative estimate of drug-likeness (QED) is 0.118. The molecule has 1 saturated carbocycles. The van der Waals surface area contributed by atoms with Gasteiger partial charge < -0.3 is 30.3 Å². The molecular weight excluding hydrogens is 828 g/mol. The largest absolute Gasteiger partial charge is 0.489 e. The molecule has 1 aromatic heterocycles. The summed E-state index contributed by atoms with van der Waals surface area (Å²) in [6.45, 7) is 11.7. The number of carbonyl (C=O) groups is 3. The number of likely N-dealkylation sites (tertiary alicyclic amines) is 1. The lowest BCUT2D eigenvalue weighted by atomic mass is 9.83. The van der Waals surface area contributed by atoms with Crippen molar-refractivity contribution in [3.05, 3.63) is 93.6 Å². The Morgan fingerprint density at radius 2 is 1.69 bits per heavy atom. The number of nitrogens with one attached hydrogen (secondary N) is 2. The second-order valence-electron chi connectivity index (χ2n) is 17.4. The van der Waals surface area contributed by atoms with E-state index in [4.69, 9.17) is 16.3 Å². The first-order valence-corrected chi connectivity index (χ1v) is 23.6. The maximum atomic E-state index is 13.5. The number of ketones is 2. The van der Waals surface area contributed by atoms with Crippen LogP contribution in [0.2, 0.25) is 5.02 Å². The molecule has 1 aliphatic carbocycles. The average Bonchev–Trinajstić information content (AvgIpc) is 3.59. The molecule has 2 fully saturated rings. The zero-order valence-corrected chi connectivity index (χ0v) is 37.7. The highest BCUT2D eigenvalue weighted by Gasteiger charge is 2.39.